The Hall–Kier alpha value is -1.39. The second-order valence-corrected chi connectivity index (χ2v) is 6.53. The maximum absolute atomic E-state index is 12.7. The lowest BCUT2D eigenvalue weighted by Gasteiger charge is -2.33. The normalized spacial score (nSPS) is 17.2. The van der Waals surface area contributed by atoms with E-state index >= 15 is 0 Å². The van der Waals surface area contributed by atoms with Gasteiger partial charge in [0.1, 0.15) is 0 Å². The molecule has 4 heteroatoms. The molecule has 1 amide bonds. The number of hydrogen-bond acceptors (Lipinski definition) is 3. The highest BCUT2D eigenvalue weighted by atomic mass is 16.3. The summed E-state index contributed by atoms with van der Waals surface area (Å²) >= 11 is 0. The summed E-state index contributed by atoms with van der Waals surface area (Å²) in [5.41, 5.74) is 2.61. The number of carbonyl (C=O) groups excluding carboxylic acids is 1. The van der Waals surface area contributed by atoms with Gasteiger partial charge < -0.3 is 15.3 Å². The van der Waals surface area contributed by atoms with Gasteiger partial charge in [0.2, 0.25) is 5.91 Å². The van der Waals surface area contributed by atoms with Gasteiger partial charge in [0, 0.05) is 25.7 Å². The Bertz CT molecular complexity index is 502. The van der Waals surface area contributed by atoms with E-state index in [1.807, 2.05) is 17.9 Å². The molecule has 1 aliphatic heterocycles. The fourth-order valence-corrected chi connectivity index (χ4v) is 3.10. The summed E-state index contributed by atoms with van der Waals surface area (Å²) in [7, 11) is 0. The third-order valence-corrected chi connectivity index (χ3v) is 4.52. The molecule has 0 aliphatic carbocycles. The van der Waals surface area contributed by atoms with Crippen molar-refractivity contribution in [3.05, 3.63) is 35.4 Å². The Balaban J connectivity index is 1.96. The van der Waals surface area contributed by atoms with Crippen molar-refractivity contribution in [3.8, 4) is 0 Å². The third-order valence-electron chi connectivity index (χ3n) is 4.52. The zero-order valence-corrected chi connectivity index (χ0v) is 13.9. The van der Waals surface area contributed by atoms with E-state index in [1.165, 1.54) is 11.1 Å². The Labute approximate surface area is 133 Å². The Morgan fingerprint density at radius 2 is 1.95 bits per heavy atom. The van der Waals surface area contributed by atoms with Gasteiger partial charge in [0.15, 0.2) is 0 Å². The van der Waals surface area contributed by atoms with Crippen LogP contribution in [0.4, 0.5) is 0 Å². The predicted octanol–water partition coefficient (Wildman–Crippen LogP) is 1.96. The van der Waals surface area contributed by atoms with Gasteiger partial charge in [-0.1, -0.05) is 38.1 Å². The fraction of sp³-hybridized carbons (Fsp3) is 0.611. The molecular formula is C18H28N2O2. The molecule has 0 spiro atoms. The smallest absolute Gasteiger partial charge is 0.239 e. The van der Waals surface area contributed by atoms with Gasteiger partial charge >= 0.3 is 0 Å². The average Bonchev–Trinajstić information content (AvgIpc) is 2.53. The van der Waals surface area contributed by atoms with Gasteiger partial charge in [0.05, 0.1) is 6.04 Å². The Kier molecular flexibility index (Phi) is 5.98. The van der Waals surface area contributed by atoms with Crippen LogP contribution in [-0.2, 0) is 17.8 Å². The van der Waals surface area contributed by atoms with Crippen LogP contribution in [0.15, 0.2) is 24.3 Å². The van der Waals surface area contributed by atoms with Crippen molar-refractivity contribution >= 4 is 5.91 Å². The SMILES string of the molecule is CC(C)[C@H](CCO)N[C@@H](C)C(=O)N1CCc2ccccc2C1. The highest BCUT2D eigenvalue weighted by Gasteiger charge is 2.26. The molecule has 2 atom stereocenters. The Morgan fingerprint density at radius 1 is 1.27 bits per heavy atom. The summed E-state index contributed by atoms with van der Waals surface area (Å²) in [5, 5.41) is 12.5. The van der Waals surface area contributed by atoms with Crippen LogP contribution in [0.5, 0.6) is 0 Å². The van der Waals surface area contributed by atoms with E-state index in [0.29, 0.717) is 18.9 Å². The van der Waals surface area contributed by atoms with Gasteiger partial charge in [-0.15, -0.1) is 0 Å². The van der Waals surface area contributed by atoms with E-state index in [9.17, 15) is 4.79 Å². The lowest BCUT2D eigenvalue weighted by Crippen LogP contribution is -2.51. The molecule has 2 N–H and O–H groups in total. The summed E-state index contributed by atoms with van der Waals surface area (Å²) in [6.07, 6.45) is 1.61. The third kappa shape index (κ3) is 4.08. The molecule has 0 unspecified atom stereocenters. The van der Waals surface area contributed by atoms with Crippen LogP contribution >= 0.6 is 0 Å². The molecule has 0 bridgehead atoms. The van der Waals surface area contributed by atoms with Gasteiger partial charge in [0.25, 0.3) is 0 Å². The van der Waals surface area contributed by atoms with Crippen molar-refractivity contribution in [3.63, 3.8) is 0 Å². The number of aliphatic hydroxyl groups excluding tert-OH is 1. The first-order valence-electron chi connectivity index (χ1n) is 8.25. The van der Waals surface area contributed by atoms with Crippen LogP contribution in [0.2, 0.25) is 0 Å². The number of nitrogens with one attached hydrogen (secondary N) is 1. The quantitative estimate of drug-likeness (QED) is 0.845. The molecule has 22 heavy (non-hydrogen) atoms. The molecule has 0 fully saturated rings. The summed E-state index contributed by atoms with van der Waals surface area (Å²) in [4.78, 5) is 14.6. The minimum absolute atomic E-state index is 0.147. The van der Waals surface area contributed by atoms with Gasteiger partial charge in [-0.3, -0.25) is 4.79 Å². The van der Waals surface area contributed by atoms with Gasteiger partial charge in [-0.05, 0) is 36.8 Å². The molecule has 4 nitrogen and oxygen atoms in total. The molecule has 1 heterocycles. The minimum Gasteiger partial charge on any atom is -0.396 e. The summed E-state index contributed by atoms with van der Waals surface area (Å²) < 4.78 is 0. The first-order chi connectivity index (χ1) is 10.5. The number of rotatable bonds is 6. The van der Waals surface area contributed by atoms with Crippen LogP contribution in [0.3, 0.4) is 0 Å². The second kappa shape index (κ2) is 7.75. The van der Waals surface area contributed by atoms with Crippen LogP contribution in [-0.4, -0.2) is 41.1 Å². The number of nitrogens with zero attached hydrogens (tertiary/aromatic N) is 1. The van der Waals surface area contributed by atoms with Crippen LogP contribution in [0, 0.1) is 5.92 Å². The van der Waals surface area contributed by atoms with Gasteiger partial charge in [-0.2, -0.15) is 0 Å². The van der Waals surface area contributed by atoms with E-state index < -0.39 is 0 Å². The largest absolute Gasteiger partial charge is 0.396 e. The van der Waals surface area contributed by atoms with Crippen molar-refractivity contribution in [1.29, 1.82) is 0 Å². The molecule has 0 radical (unpaired) electrons. The van der Waals surface area contributed by atoms with E-state index in [2.05, 4.69) is 37.4 Å². The van der Waals surface area contributed by atoms with Crippen molar-refractivity contribution in [2.24, 2.45) is 5.92 Å². The molecule has 1 aromatic carbocycles. The number of amides is 1. The Morgan fingerprint density at radius 3 is 2.59 bits per heavy atom. The monoisotopic (exact) mass is 304 g/mol. The topological polar surface area (TPSA) is 52.6 Å². The average molecular weight is 304 g/mol. The number of hydrogen-bond donors (Lipinski definition) is 2. The number of carbonyl (C=O) groups is 1. The number of fused-ring (bicyclic) bond motifs is 1. The van der Waals surface area contributed by atoms with Crippen LogP contribution in [0.25, 0.3) is 0 Å². The van der Waals surface area contributed by atoms with Crippen molar-refractivity contribution < 1.29 is 9.90 Å². The van der Waals surface area contributed by atoms with Crippen molar-refractivity contribution in [2.45, 2.75) is 52.2 Å². The standard InChI is InChI=1S/C18H28N2O2/c1-13(2)17(9-11-21)19-14(3)18(22)20-10-8-15-6-4-5-7-16(15)12-20/h4-7,13-14,17,19,21H,8-12H2,1-3H3/t14-,17-/m0/s1. The maximum atomic E-state index is 12.7. The maximum Gasteiger partial charge on any atom is 0.239 e. The molecule has 2 rings (SSSR count). The minimum atomic E-state index is -0.218. The van der Waals surface area contributed by atoms with E-state index in [1.54, 1.807) is 0 Å². The molecule has 1 aliphatic rings. The summed E-state index contributed by atoms with van der Waals surface area (Å²) in [5.74, 6) is 0.544. The van der Waals surface area contributed by atoms with Crippen LogP contribution in [0.1, 0.15) is 38.3 Å². The summed E-state index contributed by atoms with van der Waals surface area (Å²) in [6, 6.07) is 8.29. The molecule has 0 aromatic heterocycles. The van der Waals surface area contributed by atoms with E-state index in [0.717, 1.165) is 13.0 Å². The fourth-order valence-electron chi connectivity index (χ4n) is 3.10. The first kappa shape index (κ1) is 17.0. The summed E-state index contributed by atoms with van der Waals surface area (Å²) in [6.45, 7) is 7.79. The molecule has 0 saturated heterocycles. The molecule has 122 valence electrons. The molecular weight excluding hydrogens is 276 g/mol. The van der Waals surface area contributed by atoms with E-state index in [-0.39, 0.29) is 24.6 Å². The zero-order chi connectivity index (χ0) is 16.1. The lowest BCUT2D eigenvalue weighted by atomic mass is 9.98. The van der Waals surface area contributed by atoms with Crippen molar-refractivity contribution in [2.75, 3.05) is 13.2 Å². The predicted molar refractivity (Wildman–Crippen MR) is 88.5 cm³/mol. The van der Waals surface area contributed by atoms with Gasteiger partial charge in [-0.25, -0.2) is 0 Å². The molecule has 1 aromatic rings. The highest BCUT2D eigenvalue weighted by molar-refractivity contribution is 5.81. The number of benzene rings is 1. The zero-order valence-electron chi connectivity index (χ0n) is 13.9. The van der Waals surface area contributed by atoms with E-state index in [4.69, 9.17) is 5.11 Å². The number of aliphatic hydroxyl groups is 1. The molecule has 0 saturated carbocycles. The second-order valence-electron chi connectivity index (χ2n) is 6.53. The first-order valence-corrected chi connectivity index (χ1v) is 8.25. The lowest BCUT2D eigenvalue weighted by molar-refractivity contribution is -0.134. The highest BCUT2D eigenvalue weighted by Crippen LogP contribution is 2.19. The van der Waals surface area contributed by atoms with Crippen LogP contribution < -0.4 is 5.32 Å². The van der Waals surface area contributed by atoms with Crippen molar-refractivity contribution in [1.82, 2.24) is 10.2 Å².